The predicted molar refractivity (Wildman–Crippen MR) is 71.7 cm³/mol. The first-order chi connectivity index (χ1) is 8.76. The second kappa shape index (κ2) is 5.53. The zero-order valence-corrected chi connectivity index (χ0v) is 10.9. The summed E-state index contributed by atoms with van der Waals surface area (Å²) in [5.74, 6) is 0.774. The van der Waals surface area contributed by atoms with E-state index in [1.807, 2.05) is 12.1 Å². The Kier molecular flexibility index (Phi) is 4.02. The molecule has 1 aromatic rings. The molecule has 1 fully saturated rings. The number of ether oxygens (including phenoxy) is 1. The molecule has 0 radical (unpaired) electrons. The molecule has 0 aromatic heterocycles. The standard InChI is InChI=1S/C15H21NO2/c1-18-14-6-4-12(5-7-14)15(8-2-3-9-15)13(10-16)11-17/h4-7,11,13H,2-3,8-10,16H2,1H3. The molecule has 0 amide bonds. The largest absolute Gasteiger partial charge is 0.497 e. The van der Waals surface area contributed by atoms with Crippen LogP contribution in [-0.2, 0) is 10.2 Å². The molecule has 0 spiro atoms. The molecule has 3 nitrogen and oxygen atoms in total. The average molecular weight is 247 g/mol. The molecule has 2 N–H and O–H groups in total. The van der Waals surface area contributed by atoms with Crippen LogP contribution in [-0.4, -0.2) is 19.9 Å². The van der Waals surface area contributed by atoms with E-state index in [1.165, 1.54) is 18.4 Å². The zero-order chi connectivity index (χ0) is 13.0. The minimum Gasteiger partial charge on any atom is -0.497 e. The van der Waals surface area contributed by atoms with Crippen molar-refractivity contribution < 1.29 is 9.53 Å². The Morgan fingerprint density at radius 2 is 1.94 bits per heavy atom. The van der Waals surface area contributed by atoms with Crippen LogP contribution in [0.5, 0.6) is 5.75 Å². The molecule has 0 aliphatic heterocycles. The Morgan fingerprint density at radius 1 is 1.33 bits per heavy atom. The molecule has 18 heavy (non-hydrogen) atoms. The van der Waals surface area contributed by atoms with Gasteiger partial charge in [-0.05, 0) is 30.5 Å². The van der Waals surface area contributed by atoms with Crippen LogP contribution in [0.3, 0.4) is 0 Å². The van der Waals surface area contributed by atoms with Crippen LogP contribution in [0.4, 0.5) is 0 Å². The van der Waals surface area contributed by atoms with Gasteiger partial charge in [0, 0.05) is 17.9 Å². The van der Waals surface area contributed by atoms with Crippen molar-refractivity contribution in [2.75, 3.05) is 13.7 Å². The van der Waals surface area contributed by atoms with Crippen molar-refractivity contribution in [2.24, 2.45) is 11.7 Å². The third-order valence-corrected chi connectivity index (χ3v) is 4.29. The number of rotatable bonds is 5. The first-order valence-corrected chi connectivity index (χ1v) is 6.57. The van der Waals surface area contributed by atoms with Crippen LogP contribution < -0.4 is 10.5 Å². The number of hydrogen-bond donors (Lipinski definition) is 1. The Labute approximate surface area is 108 Å². The SMILES string of the molecule is COc1ccc(C2(C(C=O)CN)CCCC2)cc1. The number of hydrogen-bond acceptors (Lipinski definition) is 3. The topological polar surface area (TPSA) is 52.3 Å². The van der Waals surface area contributed by atoms with Crippen molar-refractivity contribution in [1.82, 2.24) is 0 Å². The van der Waals surface area contributed by atoms with E-state index in [4.69, 9.17) is 10.5 Å². The third kappa shape index (κ3) is 2.15. The van der Waals surface area contributed by atoms with Crippen molar-refractivity contribution in [3.63, 3.8) is 0 Å². The Hall–Kier alpha value is -1.35. The van der Waals surface area contributed by atoms with Crippen molar-refractivity contribution in [3.8, 4) is 5.75 Å². The number of carbonyl (C=O) groups is 1. The van der Waals surface area contributed by atoms with E-state index in [0.29, 0.717) is 6.54 Å². The van der Waals surface area contributed by atoms with Gasteiger partial charge in [-0.2, -0.15) is 0 Å². The summed E-state index contributed by atoms with van der Waals surface area (Å²) in [5, 5.41) is 0. The quantitative estimate of drug-likeness (QED) is 0.812. The van der Waals surface area contributed by atoms with Crippen LogP contribution in [0.25, 0.3) is 0 Å². The van der Waals surface area contributed by atoms with E-state index in [-0.39, 0.29) is 11.3 Å². The minimum atomic E-state index is -0.0756. The minimum absolute atomic E-state index is 0.0528. The van der Waals surface area contributed by atoms with Crippen molar-refractivity contribution in [2.45, 2.75) is 31.1 Å². The fourth-order valence-corrected chi connectivity index (χ4v) is 3.21. The average Bonchev–Trinajstić information content (AvgIpc) is 2.91. The summed E-state index contributed by atoms with van der Waals surface area (Å²) in [7, 11) is 1.66. The first kappa shape index (κ1) is 13.1. The van der Waals surface area contributed by atoms with Gasteiger partial charge in [0.25, 0.3) is 0 Å². The summed E-state index contributed by atoms with van der Waals surface area (Å²) in [6, 6.07) is 8.09. The molecule has 3 heteroatoms. The van der Waals surface area contributed by atoms with E-state index >= 15 is 0 Å². The van der Waals surface area contributed by atoms with Gasteiger partial charge in [-0.25, -0.2) is 0 Å². The number of carbonyl (C=O) groups excluding carboxylic acids is 1. The number of benzene rings is 1. The maximum Gasteiger partial charge on any atom is 0.125 e. The zero-order valence-electron chi connectivity index (χ0n) is 10.9. The van der Waals surface area contributed by atoms with E-state index in [2.05, 4.69) is 12.1 Å². The summed E-state index contributed by atoms with van der Waals surface area (Å²) >= 11 is 0. The van der Waals surface area contributed by atoms with Crippen LogP contribution in [0.1, 0.15) is 31.2 Å². The van der Waals surface area contributed by atoms with Gasteiger partial charge < -0.3 is 15.3 Å². The van der Waals surface area contributed by atoms with E-state index in [0.717, 1.165) is 24.9 Å². The van der Waals surface area contributed by atoms with E-state index < -0.39 is 0 Å². The van der Waals surface area contributed by atoms with Crippen molar-refractivity contribution in [3.05, 3.63) is 29.8 Å². The lowest BCUT2D eigenvalue weighted by Crippen LogP contribution is -2.38. The molecule has 0 bridgehead atoms. The summed E-state index contributed by atoms with van der Waals surface area (Å²) in [6.45, 7) is 0.426. The molecule has 1 aliphatic carbocycles. The van der Waals surface area contributed by atoms with Crippen molar-refractivity contribution in [1.29, 1.82) is 0 Å². The number of nitrogens with two attached hydrogens (primary N) is 1. The third-order valence-electron chi connectivity index (χ3n) is 4.29. The lowest BCUT2D eigenvalue weighted by atomic mass is 9.69. The summed E-state index contributed by atoms with van der Waals surface area (Å²) in [4.78, 5) is 11.3. The molecule has 0 heterocycles. The molecular weight excluding hydrogens is 226 g/mol. The van der Waals surface area contributed by atoms with Gasteiger partial charge in [0.2, 0.25) is 0 Å². The molecule has 1 aliphatic rings. The summed E-state index contributed by atoms with van der Waals surface area (Å²) in [6.07, 6.45) is 5.50. The smallest absolute Gasteiger partial charge is 0.125 e. The van der Waals surface area contributed by atoms with Crippen LogP contribution >= 0.6 is 0 Å². The molecule has 98 valence electrons. The van der Waals surface area contributed by atoms with Crippen LogP contribution in [0, 0.1) is 5.92 Å². The first-order valence-electron chi connectivity index (χ1n) is 6.57. The highest BCUT2D eigenvalue weighted by Gasteiger charge is 2.41. The molecule has 1 atom stereocenters. The molecule has 2 rings (SSSR count). The van der Waals surface area contributed by atoms with Gasteiger partial charge in [0.05, 0.1) is 7.11 Å². The normalized spacial score (nSPS) is 19.4. The van der Waals surface area contributed by atoms with Gasteiger partial charge in [0.1, 0.15) is 12.0 Å². The fraction of sp³-hybridized carbons (Fsp3) is 0.533. The Morgan fingerprint density at radius 3 is 2.39 bits per heavy atom. The van der Waals surface area contributed by atoms with Crippen molar-refractivity contribution >= 4 is 6.29 Å². The Bertz CT molecular complexity index is 393. The number of aldehydes is 1. The second-order valence-corrected chi connectivity index (χ2v) is 5.07. The fourth-order valence-electron chi connectivity index (χ4n) is 3.21. The highest BCUT2D eigenvalue weighted by molar-refractivity contribution is 5.58. The summed E-state index contributed by atoms with van der Waals surface area (Å²) < 4.78 is 5.18. The van der Waals surface area contributed by atoms with Gasteiger partial charge >= 0.3 is 0 Å². The monoisotopic (exact) mass is 247 g/mol. The predicted octanol–water partition coefficient (Wildman–Crippen LogP) is 2.28. The molecular formula is C15H21NO2. The molecule has 1 saturated carbocycles. The van der Waals surface area contributed by atoms with E-state index in [1.54, 1.807) is 7.11 Å². The van der Waals surface area contributed by atoms with Gasteiger partial charge in [-0.3, -0.25) is 0 Å². The maximum absolute atomic E-state index is 11.3. The highest BCUT2D eigenvalue weighted by atomic mass is 16.5. The van der Waals surface area contributed by atoms with Gasteiger partial charge in [-0.1, -0.05) is 25.0 Å². The lowest BCUT2D eigenvalue weighted by Gasteiger charge is -2.34. The molecule has 0 saturated heterocycles. The maximum atomic E-state index is 11.3. The molecule has 1 unspecified atom stereocenters. The highest BCUT2D eigenvalue weighted by Crippen LogP contribution is 2.46. The molecule has 1 aromatic carbocycles. The van der Waals surface area contributed by atoms with Crippen LogP contribution in [0.2, 0.25) is 0 Å². The van der Waals surface area contributed by atoms with Gasteiger partial charge in [-0.15, -0.1) is 0 Å². The lowest BCUT2D eigenvalue weighted by molar-refractivity contribution is -0.112. The van der Waals surface area contributed by atoms with E-state index in [9.17, 15) is 4.79 Å². The number of methoxy groups -OCH3 is 1. The van der Waals surface area contributed by atoms with Gasteiger partial charge in [0.15, 0.2) is 0 Å². The van der Waals surface area contributed by atoms with Crippen LogP contribution in [0.15, 0.2) is 24.3 Å². The summed E-state index contributed by atoms with van der Waals surface area (Å²) in [5.41, 5.74) is 6.96. The Balaban J connectivity index is 2.36. The second-order valence-electron chi connectivity index (χ2n) is 5.07.